The fraction of sp³-hybridized carbons (Fsp3) is 0.280. The Morgan fingerprint density at radius 1 is 1.03 bits per heavy atom. The van der Waals surface area contributed by atoms with Gasteiger partial charge in [0.25, 0.3) is 11.5 Å². The highest BCUT2D eigenvalue weighted by Crippen LogP contribution is 2.18. The number of aromatic nitrogens is 4. The second-order valence-electron chi connectivity index (χ2n) is 8.43. The van der Waals surface area contributed by atoms with Crippen molar-refractivity contribution in [1.29, 1.82) is 0 Å². The zero-order valence-corrected chi connectivity index (χ0v) is 18.6. The Balaban J connectivity index is 1.34. The number of likely N-dealkylation sites (tertiary alicyclic amines) is 1. The maximum Gasteiger partial charge on any atom is 0.274 e. The van der Waals surface area contributed by atoms with E-state index in [1.807, 2.05) is 18.2 Å². The van der Waals surface area contributed by atoms with Gasteiger partial charge in [0.2, 0.25) is 0 Å². The summed E-state index contributed by atoms with van der Waals surface area (Å²) in [6.45, 7) is 3.54. The molecule has 174 valence electrons. The number of aromatic amines is 1. The zero-order valence-electron chi connectivity index (χ0n) is 18.6. The van der Waals surface area contributed by atoms with Crippen molar-refractivity contribution in [2.45, 2.75) is 25.9 Å². The van der Waals surface area contributed by atoms with E-state index >= 15 is 0 Å². The number of nitrogens with one attached hydrogen (secondary N) is 2. The molecule has 0 unspecified atom stereocenters. The van der Waals surface area contributed by atoms with Crippen LogP contribution in [0.25, 0.3) is 22.0 Å². The molecule has 4 aromatic rings. The van der Waals surface area contributed by atoms with Crippen molar-refractivity contribution in [3.63, 3.8) is 0 Å². The molecule has 1 aliphatic heterocycles. The van der Waals surface area contributed by atoms with E-state index in [2.05, 4.69) is 25.5 Å². The van der Waals surface area contributed by atoms with E-state index in [4.69, 9.17) is 0 Å². The van der Waals surface area contributed by atoms with Crippen LogP contribution >= 0.6 is 0 Å². The third kappa shape index (κ3) is 4.60. The Hall–Kier alpha value is -3.85. The summed E-state index contributed by atoms with van der Waals surface area (Å²) in [6, 6.07) is 14.8. The number of H-pyrrole nitrogens is 1. The number of halogens is 1. The third-order valence-corrected chi connectivity index (χ3v) is 6.15. The second-order valence-corrected chi connectivity index (χ2v) is 8.43. The average molecular weight is 461 g/mol. The molecule has 0 aliphatic carbocycles. The summed E-state index contributed by atoms with van der Waals surface area (Å²) in [4.78, 5) is 28.1. The van der Waals surface area contributed by atoms with Gasteiger partial charge in [-0.2, -0.15) is 10.2 Å². The molecule has 1 saturated heterocycles. The maximum atomic E-state index is 13.2. The fourth-order valence-electron chi connectivity index (χ4n) is 4.30. The lowest BCUT2D eigenvalue weighted by Gasteiger charge is -2.16. The topological polar surface area (TPSA) is 95.9 Å². The summed E-state index contributed by atoms with van der Waals surface area (Å²) >= 11 is 0. The smallest absolute Gasteiger partial charge is 0.274 e. The van der Waals surface area contributed by atoms with Crippen LogP contribution in [-0.4, -0.2) is 50.4 Å². The molecule has 0 saturated carbocycles. The van der Waals surface area contributed by atoms with Gasteiger partial charge < -0.3 is 10.2 Å². The summed E-state index contributed by atoms with van der Waals surface area (Å²) in [5.74, 6) is -0.680. The first kappa shape index (κ1) is 22.0. The molecule has 34 heavy (non-hydrogen) atoms. The molecule has 8 nitrogen and oxygen atoms in total. The van der Waals surface area contributed by atoms with Gasteiger partial charge in [0, 0.05) is 17.5 Å². The highest BCUT2D eigenvalue weighted by Gasteiger charge is 2.16. The number of hydrogen-bond acceptors (Lipinski definition) is 5. The number of amides is 1. The van der Waals surface area contributed by atoms with E-state index in [-0.39, 0.29) is 29.5 Å². The highest BCUT2D eigenvalue weighted by atomic mass is 19.1. The van der Waals surface area contributed by atoms with Crippen LogP contribution in [0.5, 0.6) is 0 Å². The highest BCUT2D eigenvalue weighted by molar-refractivity contribution is 5.93. The Morgan fingerprint density at radius 2 is 1.76 bits per heavy atom. The third-order valence-electron chi connectivity index (χ3n) is 6.15. The fourth-order valence-corrected chi connectivity index (χ4v) is 4.30. The van der Waals surface area contributed by atoms with Gasteiger partial charge in [-0.25, -0.2) is 9.07 Å². The van der Waals surface area contributed by atoms with Crippen LogP contribution in [0.15, 0.2) is 59.4 Å². The van der Waals surface area contributed by atoms with Gasteiger partial charge in [-0.1, -0.05) is 18.2 Å². The zero-order chi connectivity index (χ0) is 23.5. The van der Waals surface area contributed by atoms with Gasteiger partial charge >= 0.3 is 0 Å². The molecule has 2 N–H and O–H groups in total. The maximum absolute atomic E-state index is 13.2. The minimum Gasteiger partial charge on any atom is -0.345 e. The van der Waals surface area contributed by atoms with Crippen LogP contribution in [0.1, 0.15) is 29.0 Å². The van der Waals surface area contributed by atoms with Gasteiger partial charge in [0.1, 0.15) is 11.5 Å². The van der Waals surface area contributed by atoms with Crippen LogP contribution in [0, 0.1) is 5.82 Å². The molecule has 1 fully saturated rings. The Bertz CT molecular complexity index is 1370. The van der Waals surface area contributed by atoms with Gasteiger partial charge in [-0.15, -0.1) is 0 Å². The molecule has 0 spiro atoms. The van der Waals surface area contributed by atoms with Crippen molar-refractivity contribution in [2.75, 3.05) is 19.6 Å². The van der Waals surface area contributed by atoms with Crippen molar-refractivity contribution in [3.8, 4) is 11.3 Å². The predicted octanol–water partition coefficient (Wildman–Crippen LogP) is 2.95. The van der Waals surface area contributed by atoms with Crippen molar-refractivity contribution in [2.24, 2.45) is 0 Å². The summed E-state index contributed by atoms with van der Waals surface area (Å²) in [5, 5.41) is 15.6. The van der Waals surface area contributed by atoms with Gasteiger partial charge in [-0.05, 0) is 62.3 Å². The molecule has 2 aromatic heterocycles. The van der Waals surface area contributed by atoms with Crippen LogP contribution < -0.4 is 10.9 Å². The first-order chi connectivity index (χ1) is 16.6. The average Bonchev–Trinajstić information content (AvgIpc) is 3.56. The summed E-state index contributed by atoms with van der Waals surface area (Å²) in [7, 11) is 0. The van der Waals surface area contributed by atoms with Crippen LogP contribution in [0.3, 0.4) is 0 Å². The van der Waals surface area contributed by atoms with Crippen molar-refractivity contribution < 1.29 is 9.18 Å². The predicted molar refractivity (Wildman–Crippen MR) is 127 cm³/mol. The molecule has 5 rings (SSSR count). The minimum atomic E-state index is -0.346. The SMILES string of the molecule is O=C(NCc1nn(CCN2CCCC2)c(=O)c2ccccc12)c1cc(-c2ccc(F)cc2)n[nH]1. The largest absolute Gasteiger partial charge is 0.345 e. The quantitative estimate of drug-likeness (QED) is 0.442. The van der Waals surface area contributed by atoms with Crippen LogP contribution in [-0.2, 0) is 13.1 Å². The number of benzene rings is 2. The molecular weight excluding hydrogens is 435 g/mol. The Morgan fingerprint density at radius 3 is 2.53 bits per heavy atom. The lowest BCUT2D eigenvalue weighted by atomic mass is 10.1. The molecule has 0 atom stereocenters. The minimum absolute atomic E-state index is 0.123. The van der Waals surface area contributed by atoms with Crippen molar-refractivity contribution >= 4 is 16.7 Å². The first-order valence-electron chi connectivity index (χ1n) is 11.4. The molecule has 1 aliphatic rings. The summed E-state index contributed by atoms with van der Waals surface area (Å²) in [6.07, 6.45) is 2.38. The van der Waals surface area contributed by atoms with E-state index in [9.17, 15) is 14.0 Å². The lowest BCUT2D eigenvalue weighted by Crippen LogP contribution is -2.32. The lowest BCUT2D eigenvalue weighted by molar-refractivity contribution is 0.0945. The monoisotopic (exact) mass is 460 g/mol. The van der Waals surface area contributed by atoms with Crippen LogP contribution in [0.2, 0.25) is 0 Å². The summed E-state index contributed by atoms with van der Waals surface area (Å²) in [5.41, 5.74) is 2.04. The Labute approximate surface area is 195 Å². The van der Waals surface area contributed by atoms with Crippen molar-refractivity contribution in [3.05, 3.63) is 82.2 Å². The van der Waals surface area contributed by atoms with Gasteiger partial charge in [0.15, 0.2) is 0 Å². The van der Waals surface area contributed by atoms with Crippen LogP contribution in [0.4, 0.5) is 4.39 Å². The van der Waals surface area contributed by atoms with E-state index in [0.717, 1.165) is 25.0 Å². The molecule has 3 heterocycles. The standard InChI is InChI=1S/C25H25FN6O2/c26-18-9-7-17(8-10-18)21-15-22(29-28-21)24(33)27-16-23-19-5-1-2-6-20(19)25(34)32(30-23)14-13-31-11-3-4-12-31/h1-2,5-10,15H,3-4,11-14,16H2,(H,27,33)(H,28,29). The second kappa shape index (κ2) is 9.56. The summed E-state index contributed by atoms with van der Waals surface area (Å²) < 4.78 is 14.7. The van der Waals surface area contributed by atoms with E-state index in [0.29, 0.717) is 28.9 Å². The molecule has 9 heteroatoms. The van der Waals surface area contributed by atoms with Gasteiger partial charge in [-0.3, -0.25) is 14.7 Å². The molecule has 0 bridgehead atoms. The molecular formula is C25H25FN6O2. The molecule has 0 radical (unpaired) electrons. The number of carbonyl (C=O) groups excluding carboxylic acids is 1. The van der Waals surface area contributed by atoms with Gasteiger partial charge in [0.05, 0.1) is 29.9 Å². The number of hydrogen-bond donors (Lipinski definition) is 2. The van der Waals surface area contributed by atoms with E-state index < -0.39 is 0 Å². The number of nitrogens with zero attached hydrogens (tertiary/aromatic N) is 4. The van der Waals surface area contributed by atoms with E-state index in [1.165, 1.54) is 29.7 Å². The van der Waals surface area contributed by atoms with Crippen molar-refractivity contribution in [1.82, 2.24) is 30.2 Å². The number of rotatable bonds is 7. The molecule has 1 amide bonds. The number of carbonyl (C=O) groups is 1. The normalized spacial score (nSPS) is 14.0. The number of fused-ring (bicyclic) bond motifs is 1. The van der Waals surface area contributed by atoms with E-state index in [1.54, 1.807) is 24.3 Å². The first-order valence-corrected chi connectivity index (χ1v) is 11.4. The molecule has 2 aromatic carbocycles. The Kier molecular flexibility index (Phi) is 6.18.